The molecule has 0 radical (unpaired) electrons. The summed E-state index contributed by atoms with van der Waals surface area (Å²) in [6.07, 6.45) is 2.22. The Balaban J connectivity index is 3.31. The number of aromatic nitrogens is 2. The zero-order valence-corrected chi connectivity index (χ0v) is 13.7. The lowest BCUT2D eigenvalue weighted by Crippen LogP contribution is -2.41. The van der Waals surface area contributed by atoms with Gasteiger partial charge in [-0.15, -0.1) is 0 Å². The Labute approximate surface area is 121 Å². The summed E-state index contributed by atoms with van der Waals surface area (Å²) in [5, 5.41) is 4.56. The molecule has 0 aromatic carbocycles. The van der Waals surface area contributed by atoms with E-state index in [4.69, 9.17) is 10.5 Å². The summed E-state index contributed by atoms with van der Waals surface area (Å²) in [5.74, 6) is -0.380. The Hall–Kier alpha value is -1.36. The van der Waals surface area contributed by atoms with Gasteiger partial charge in [0.2, 0.25) is 0 Å². The van der Waals surface area contributed by atoms with E-state index >= 15 is 0 Å². The van der Waals surface area contributed by atoms with Gasteiger partial charge in [0, 0.05) is 30.1 Å². The van der Waals surface area contributed by atoms with Crippen molar-refractivity contribution in [1.29, 1.82) is 0 Å². The first-order valence-corrected chi connectivity index (χ1v) is 6.86. The van der Waals surface area contributed by atoms with Gasteiger partial charge in [0.1, 0.15) is 0 Å². The van der Waals surface area contributed by atoms with Crippen LogP contribution in [0.4, 0.5) is 0 Å². The number of aryl methyl sites for hydroxylation is 1. The Bertz CT molecular complexity index is 478. The van der Waals surface area contributed by atoms with E-state index in [2.05, 4.69) is 25.9 Å². The molecule has 0 bridgehead atoms. The average molecular weight is 281 g/mol. The van der Waals surface area contributed by atoms with Crippen molar-refractivity contribution in [3.05, 3.63) is 17.5 Å². The Morgan fingerprint density at radius 3 is 2.35 bits per heavy atom. The summed E-state index contributed by atoms with van der Waals surface area (Å²) >= 11 is 0. The number of methoxy groups -OCH3 is 1. The highest BCUT2D eigenvalue weighted by Gasteiger charge is 2.35. The van der Waals surface area contributed by atoms with E-state index in [1.807, 2.05) is 27.1 Å². The molecule has 1 heterocycles. The van der Waals surface area contributed by atoms with Gasteiger partial charge in [0.15, 0.2) is 0 Å². The van der Waals surface area contributed by atoms with Crippen LogP contribution < -0.4 is 5.73 Å². The van der Waals surface area contributed by atoms with Crippen molar-refractivity contribution in [2.24, 2.45) is 12.8 Å². The monoisotopic (exact) mass is 281 g/mol. The lowest BCUT2D eigenvalue weighted by molar-refractivity contribution is -0.141. The molecule has 0 saturated heterocycles. The van der Waals surface area contributed by atoms with Crippen LogP contribution in [0.15, 0.2) is 6.20 Å². The van der Waals surface area contributed by atoms with Gasteiger partial charge >= 0.3 is 5.97 Å². The predicted octanol–water partition coefficient (Wildman–Crippen LogP) is 2.10. The van der Waals surface area contributed by atoms with Crippen molar-refractivity contribution >= 4 is 5.97 Å². The highest BCUT2D eigenvalue weighted by Crippen LogP contribution is 2.36. The number of hydrogen-bond donors (Lipinski definition) is 1. The number of nitrogens with zero attached hydrogens (tertiary/aromatic N) is 2. The number of hydrogen-bond acceptors (Lipinski definition) is 4. The fraction of sp³-hybridized carbons (Fsp3) is 0.733. The zero-order chi connectivity index (χ0) is 15.7. The second-order valence-corrected chi connectivity index (χ2v) is 7.01. The fourth-order valence-electron chi connectivity index (χ4n) is 2.37. The third-order valence-corrected chi connectivity index (χ3v) is 3.44. The normalized spacial score (nSPS) is 14.2. The minimum Gasteiger partial charge on any atom is -0.469 e. The maximum atomic E-state index is 11.7. The van der Waals surface area contributed by atoms with Crippen LogP contribution in [0.1, 0.15) is 58.2 Å². The topological polar surface area (TPSA) is 70.1 Å². The van der Waals surface area contributed by atoms with Gasteiger partial charge in [-0.3, -0.25) is 9.48 Å². The average Bonchev–Trinajstić information content (AvgIpc) is 2.65. The van der Waals surface area contributed by atoms with Crippen LogP contribution in [0.25, 0.3) is 0 Å². The van der Waals surface area contributed by atoms with Gasteiger partial charge in [-0.2, -0.15) is 5.10 Å². The van der Waals surface area contributed by atoms with Crippen molar-refractivity contribution < 1.29 is 9.53 Å². The standard InChI is InChI=1S/C15H27N3O2/c1-14(2,3)13-10(9-18(6)17-13)11(15(4,5)16)8-12(19)20-7/h9,11H,8,16H2,1-7H3. The van der Waals surface area contributed by atoms with Gasteiger partial charge in [0.05, 0.1) is 19.2 Å². The minimum atomic E-state index is -0.531. The molecule has 5 nitrogen and oxygen atoms in total. The third kappa shape index (κ3) is 3.82. The molecular formula is C15H27N3O2. The van der Waals surface area contributed by atoms with Crippen molar-refractivity contribution in [3.63, 3.8) is 0 Å². The summed E-state index contributed by atoms with van der Waals surface area (Å²) in [5.41, 5.74) is 7.66. The summed E-state index contributed by atoms with van der Waals surface area (Å²) < 4.78 is 6.59. The maximum absolute atomic E-state index is 11.7. The summed E-state index contributed by atoms with van der Waals surface area (Å²) in [4.78, 5) is 11.7. The molecular weight excluding hydrogens is 254 g/mol. The number of ether oxygens (including phenoxy) is 1. The fourth-order valence-corrected chi connectivity index (χ4v) is 2.37. The van der Waals surface area contributed by atoms with Gasteiger partial charge in [-0.1, -0.05) is 20.8 Å². The van der Waals surface area contributed by atoms with E-state index in [0.29, 0.717) is 0 Å². The van der Waals surface area contributed by atoms with Crippen LogP contribution in [0.3, 0.4) is 0 Å². The van der Waals surface area contributed by atoms with E-state index in [-0.39, 0.29) is 23.7 Å². The molecule has 20 heavy (non-hydrogen) atoms. The molecule has 0 aliphatic rings. The predicted molar refractivity (Wildman–Crippen MR) is 79.5 cm³/mol. The molecule has 1 aromatic rings. The lowest BCUT2D eigenvalue weighted by atomic mass is 9.76. The molecule has 0 saturated carbocycles. The molecule has 0 spiro atoms. The first-order chi connectivity index (χ1) is 8.96. The smallest absolute Gasteiger partial charge is 0.306 e. The Morgan fingerprint density at radius 2 is 1.95 bits per heavy atom. The summed E-state index contributed by atoms with van der Waals surface area (Å²) in [6.45, 7) is 10.2. The number of carbonyl (C=O) groups is 1. The van der Waals surface area contributed by atoms with Crippen LogP contribution >= 0.6 is 0 Å². The highest BCUT2D eigenvalue weighted by molar-refractivity contribution is 5.70. The number of esters is 1. The molecule has 0 fully saturated rings. The molecule has 0 aliphatic heterocycles. The van der Waals surface area contributed by atoms with Crippen molar-refractivity contribution in [2.75, 3.05) is 7.11 Å². The molecule has 114 valence electrons. The SMILES string of the molecule is COC(=O)CC(c1cn(C)nc1C(C)(C)C)C(C)(C)N. The first-order valence-electron chi connectivity index (χ1n) is 6.86. The summed E-state index contributed by atoms with van der Waals surface area (Å²) in [6, 6.07) is 0. The van der Waals surface area contributed by atoms with Gasteiger partial charge < -0.3 is 10.5 Å². The van der Waals surface area contributed by atoms with E-state index in [0.717, 1.165) is 11.3 Å². The highest BCUT2D eigenvalue weighted by atomic mass is 16.5. The van der Waals surface area contributed by atoms with Crippen molar-refractivity contribution in [3.8, 4) is 0 Å². The molecule has 0 aliphatic carbocycles. The second kappa shape index (κ2) is 5.56. The van der Waals surface area contributed by atoms with Crippen molar-refractivity contribution in [1.82, 2.24) is 9.78 Å². The number of rotatable bonds is 4. The largest absolute Gasteiger partial charge is 0.469 e. The second-order valence-electron chi connectivity index (χ2n) is 7.01. The Kier molecular flexibility index (Phi) is 4.64. The maximum Gasteiger partial charge on any atom is 0.306 e. The summed E-state index contributed by atoms with van der Waals surface area (Å²) in [7, 11) is 3.29. The van der Waals surface area contributed by atoms with Crippen LogP contribution in [0.5, 0.6) is 0 Å². The van der Waals surface area contributed by atoms with Gasteiger partial charge in [-0.25, -0.2) is 0 Å². The Morgan fingerprint density at radius 1 is 1.40 bits per heavy atom. The first kappa shape index (κ1) is 16.7. The quantitative estimate of drug-likeness (QED) is 0.858. The van der Waals surface area contributed by atoms with E-state index in [1.54, 1.807) is 4.68 Å². The van der Waals surface area contributed by atoms with Gasteiger partial charge in [0.25, 0.3) is 0 Å². The van der Waals surface area contributed by atoms with E-state index in [1.165, 1.54) is 7.11 Å². The van der Waals surface area contributed by atoms with E-state index in [9.17, 15) is 4.79 Å². The third-order valence-electron chi connectivity index (χ3n) is 3.44. The lowest BCUT2D eigenvalue weighted by Gasteiger charge is -2.31. The van der Waals surface area contributed by atoms with Gasteiger partial charge in [-0.05, 0) is 19.4 Å². The molecule has 1 unspecified atom stereocenters. The molecule has 2 N–H and O–H groups in total. The van der Waals surface area contributed by atoms with Crippen LogP contribution in [-0.4, -0.2) is 28.4 Å². The molecule has 5 heteroatoms. The molecule has 1 aromatic heterocycles. The van der Waals surface area contributed by atoms with Crippen LogP contribution in [0.2, 0.25) is 0 Å². The molecule has 1 rings (SSSR count). The number of nitrogens with two attached hydrogens (primary N) is 1. The molecule has 0 amide bonds. The van der Waals surface area contributed by atoms with Crippen LogP contribution in [-0.2, 0) is 22.0 Å². The van der Waals surface area contributed by atoms with Crippen LogP contribution in [0, 0.1) is 0 Å². The minimum absolute atomic E-state index is 0.101. The van der Waals surface area contributed by atoms with E-state index < -0.39 is 5.54 Å². The van der Waals surface area contributed by atoms with Crippen molar-refractivity contribution in [2.45, 2.75) is 57.9 Å². The number of carbonyl (C=O) groups excluding carboxylic acids is 1. The molecule has 1 atom stereocenters. The zero-order valence-electron chi connectivity index (χ0n) is 13.7.